The van der Waals surface area contributed by atoms with Crippen molar-refractivity contribution in [3.8, 4) is 0 Å². The molecule has 16 heavy (non-hydrogen) atoms. The molecule has 90 valence electrons. The predicted molar refractivity (Wildman–Crippen MR) is 66.3 cm³/mol. The van der Waals surface area contributed by atoms with Crippen LogP contribution in [-0.4, -0.2) is 13.4 Å². The number of hydrogen-bond donors (Lipinski definition) is 0. The van der Waals surface area contributed by atoms with Crippen LogP contribution < -0.4 is 0 Å². The Bertz CT molecular complexity index is 279. The van der Waals surface area contributed by atoms with Gasteiger partial charge >= 0.3 is 0 Å². The van der Waals surface area contributed by atoms with Crippen molar-refractivity contribution in [2.75, 3.05) is 7.11 Å². The molecule has 1 aromatic carbocycles. The molecule has 0 N–H and O–H groups in total. The summed E-state index contributed by atoms with van der Waals surface area (Å²) in [6, 6.07) is 8.55. The van der Waals surface area contributed by atoms with Gasteiger partial charge in [0.15, 0.2) is 6.29 Å². The Balaban J connectivity index is 2.40. The fraction of sp³-hybridized carbons (Fsp3) is 0.571. The van der Waals surface area contributed by atoms with Crippen LogP contribution in [0.15, 0.2) is 24.3 Å². The number of benzene rings is 1. The van der Waals surface area contributed by atoms with Crippen molar-refractivity contribution in [1.82, 2.24) is 0 Å². The summed E-state index contributed by atoms with van der Waals surface area (Å²) in [4.78, 5) is 0. The van der Waals surface area contributed by atoms with Crippen molar-refractivity contribution in [3.63, 3.8) is 0 Å². The van der Waals surface area contributed by atoms with Crippen molar-refractivity contribution in [1.29, 1.82) is 0 Å². The average Bonchev–Trinajstić information content (AvgIpc) is 2.35. The standard InChI is InChI=1S/C14H22O2/c1-4-6-14(15-3)16-11-13-9-7-12(5-2)8-10-13/h7-10,14H,4-6,11H2,1-3H3. The highest BCUT2D eigenvalue weighted by Gasteiger charge is 2.05. The maximum Gasteiger partial charge on any atom is 0.157 e. The summed E-state index contributed by atoms with van der Waals surface area (Å²) in [7, 11) is 1.69. The van der Waals surface area contributed by atoms with E-state index in [1.54, 1.807) is 7.11 Å². The van der Waals surface area contributed by atoms with Crippen LogP contribution in [0, 0.1) is 0 Å². The van der Waals surface area contributed by atoms with E-state index in [0.717, 1.165) is 19.3 Å². The molecule has 1 atom stereocenters. The molecule has 0 bridgehead atoms. The second-order valence-corrected chi connectivity index (χ2v) is 3.93. The average molecular weight is 222 g/mol. The zero-order valence-corrected chi connectivity index (χ0v) is 10.5. The molecule has 1 rings (SSSR count). The highest BCUT2D eigenvalue weighted by atomic mass is 16.7. The second kappa shape index (κ2) is 7.42. The maximum atomic E-state index is 5.67. The minimum Gasteiger partial charge on any atom is -0.356 e. The van der Waals surface area contributed by atoms with Crippen LogP contribution in [0.4, 0.5) is 0 Å². The lowest BCUT2D eigenvalue weighted by atomic mass is 10.1. The molecule has 0 aliphatic heterocycles. The van der Waals surface area contributed by atoms with Crippen LogP contribution in [0.1, 0.15) is 37.8 Å². The van der Waals surface area contributed by atoms with Gasteiger partial charge in [0.2, 0.25) is 0 Å². The Morgan fingerprint density at radius 1 is 1.06 bits per heavy atom. The molecule has 0 fully saturated rings. The molecule has 0 aliphatic rings. The van der Waals surface area contributed by atoms with Gasteiger partial charge in [0.05, 0.1) is 6.61 Å². The minimum atomic E-state index is -0.0733. The Hall–Kier alpha value is -0.860. The zero-order valence-electron chi connectivity index (χ0n) is 10.5. The molecular weight excluding hydrogens is 200 g/mol. The molecule has 1 aromatic rings. The molecular formula is C14H22O2. The third-order valence-electron chi connectivity index (χ3n) is 2.65. The largest absolute Gasteiger partial charge is 0.356 e. The monoisotopic (exact) mass is 222 g/mol. The third-order valence-corrected chi connectivity index (χ3v) is 2.65. The van der Waals surface area contributed by atoms with Gasteiger partial charge in [0.1, 0.15) is 0 Å². The van der Waals surface area contributed by atoms with Crippen LogP contribution in [-0.2, 0) is 22.5 Å². The summed E-state index contributed by atoms with van der Waals surface area (Å²) in [5.41, 5.74) is 2.57. The first kappa shape index (κ1) is 13.2. The van der Waals surface area contributed by atoms with Crippen LogP contribution >= 0.6 is 0 Å². The fourth-order valence-electron chi connectivity index (χ4n) is 1.57. The van der Waals surface area contributed by atoms with Gasteiger partial charge in [-0.25, -0.2) is 0 Å². The fourth-order valence-corrected chi connectivity index (χ4v) is 1.57. The van der Waals surface area contributed by atoms with Crippen LogP contribution in [0.25, 0.3) is 0 Å². The van der Waals surface area contributed by atoms with Crippen LogP contribution in [0.5, 0.6) is 0 Å². The summed E-state index contributed by atoms with van der Waals surface area (Å²) in [6.07, 6.45) is 3.03. The van der Waals surface area contributed by atoms with E-state index in [1.807, 2.05) is 0 Å². The van der Waals surface area contributed by atoms with E-state index in [4.69, 9.17) is 9.47 Å². The Morgan fingerprint density at radius 2 is 1.69 bits per heavy atom. The van der Waals surface area contributed by atoms with Gasteiger partial charge in [-0.05, 0) is 24.0 Å². The van der Waals surface area contributed by atoms with Crippen molar-refractivity contribution < 1.29 is 9.47 Å². The first-order valence-corrected chi connectivity index (χ1v) is 6.02. The Kier molecular flexibility index (Phi) is 6.12. The molecule has 2 nitrogen and oxygen atoms in total. The lowest BCUT2D eigenvalue weighted by molar-refractivity contribution is -0.135. The zero-order chi connectivity index (χ0) is 11.8. The number of aryl methyl sites for hydroxylation is 1. The van der Waals surface area contributed by atoms with Crippen molar-refractivity contribution in [3.05, 3.63) is 35.4 Å². The number of rotatable bonds is 7. The van der Waals surface area contributed by atoms with Crippen molar-refractivity contribution >= 4 is 0 Å². The molecule has 0 heterocycles. The van der Waals surface area contributed by atoms with Gasteiger partial charge in [-0.2, -0.15) is 0 Å². The third kappa shape index (κ3) is 4.33. The lowest BCUT2D eigenvalue weighted by Gasteiger charge is -2.15. The van der Waals surface area contributed by atoms with E-state index < -0.39 is 0 Å². The lowest BCUT2D eigenvalue weighted by Crippen LogP contribution is -2.14. The number of methoxy groups -OCH3 is 1. The molecule has 0 saturated carbocycles. The normalized spacial score (nSPS) is 12.7. The quantitative estimate of drug-likeness (QED) is 0.657. The SMILES string of the molecule is CCCC(OC)OCc1ccc(CC)cc1. The summed E-state index contributed by atoms with van der Waals surface area (Å²) < 4.78 is 10.9. The molecule has 0 amide bonds. The highest BCUT2D eigenvalue weighted by Crippen LogP contribution is 2.10. The van der Waals surface area contributed by atoms with Crippen LogP contribution in [0.3, 0.4) is 0 Å². The van der Waals surface area contributed by atoms with E-state index >= 15 is 0 Å². The van der Waals surface area contributed by atoms with Gasteiger partial charge in [-0.1, -0.05) is 44.5 Å². The van der Waals surface area contributed by atoms with E-state index in [2.05, 4.69) is 38.1 Å². The van der Waals surface area contributed by atoms with Crippen LogP contribution in [0.2, 0.25) is 0 Å². The van der Waals surface area contributed by atoms with Gasteiger partial charge in [-0.3, -0.25) is 0 Å². The number of ether oxygens (including phenoxy) is 2. The van der Waals surface area contributed by atoms with Crippen molar-refractivity contribution in [2.24, 2.45) is 0 Å². The van der Waals surface area contributed by atoms with E-state index in [1.165, 1.54) is 11.1 Å². The number of hydrogen-bond acceptors (Lipinski definition) is 2. The molecule has 1 unspecified atom stereocenters. The predicted octanol–water partition coefficient (Wildman–Crippen LogP) is 3.54. The minimum absolute atomic E-state index is 0.0733. The topological polar surface area (TPSA) is 18.5 Å². The van der Waals surface area contributed by atoms with Gasteiger partial charge < -0.3 is 9.47 Å². The molecule has 0 spiro atoms. The van der Waals surface area contributed by atoms with Gasteiger partial charge in [-0.15, -0.1) is 0 Å². The molecule has 0 saturated heterocycles. The molecule has 2 heteroatoms. The summed E-state index contributed by atoms with van der Waals surface area (Å²) in [5, 5.41) is 0. The summed E-state index contributed by atoms with van der Waals surface area (Å²) in [5.74, 6) is 0. The summed E-state index contributed by atoms with van der Waals surface area (Å²) in [6.45, 7) is 4.92. The first-order chi connectivity index (χ1) is 7.80. The Labute approximate surface area is 98.6 Å². The molecule has 0 aromatic heterocycles. The van der Waals surface area contributed by atoms with E-state index in [-0.39, 0.29) is 6.29 Å². The molecule has 0 aliphatic carbocycles. The van der Waals surface area contributed by atoms with Crippen molar-refractivity contribution in [2.45, 2.75) is 46.0 Å². The smallest absolute Gasteiger partial charge is 0.157 e. The second-order valence-electron chi connectivity index (χ2n) is 3.93. The van der Waals surface area contributed by atoms with Gasteiger partial charge in [0.25, 0.3) is 0 Å². The van der Waals surface area contributed by atoms with Gasteiger partial charge in [0, 0.05) is 7.11 Å². The molecule has 0 radical (unpaired) electrons. The highest BCUT2D eigenvalue weighted by molar-refractivity contribution is 5.21. The Morgan fingerprint density at radius 3 is 2.19 bits per heavy atom. The van der Waals surface area contributed by atoms with E-state index in [0.29, 0.717) is 6.61 Å². The first-order valence-electron chi connectivity index (χ1n) is 6.02. The van der Waals surface area contributed by atoms with E-state index in [9.17, 15) is 0 Å². The summed E-state index contributed by atoms with van der Waals surface area (Å²) >= 11 is 0. The maximum absolute atomic E-state index is 5.67.